The van der Waals surface area contributed by atoms with Crippen molar-refractivity contribution < 1.29 is 14.6 Å². The summed E-state index contributed by atoms with van der Waals surface area (Å²) in [5.41, 5.74) is 0.214. The SMILES string of the molecule is CCCCCC(C)(C)/C=C/C1[C@@H](C/C=C\CCCC(=O)OC)CC[C@H]1O. The summed E-state index contributed by atoms with van der Waals surface area (Å²) < 4.78 is 4.65. The molecule has 1 N–H and O–H groups in total. The number of rotatable bonds is 12. The molecule has 1 fully saturated rings. The first-order chi connectivity index (χ1) is 12.4. The van der Waals surface area contributed by atoms with Gasteiger partial charge in [-0.15, -0.1) is 0 Å². The molecule has 3 atom stereocenters. The summed E-state index contributed by atoms with van der Waals surface area (Å²) in [6.45, 7) is 6.85. The van der Waals surface area contributed by atoms with E-state index in [9.17, 15) is 9.90 Å². The molecule has 150 valence electrons. The fourth-order valence-electron chi connectivity index (χ4n) is 3.79. The summed E-state index contributed by atoms with van der Waals surface area (Å²) in [4.78, 5) is 11.1. The summed E-state index contributed by atoms with van der Waals surface area (Å²) in [5, 5.41) is 10.4. The Balaban J connectivity index is 2.43. The fourth-order valence-corrected chi connectivity index (χ4v) is 3.79. The predicted molar refractivity (Wildman–Crippen MR) is 109 cm³/mol. The van der Waals surface area contributed by atoms with Crippen molar-refractivity contribution in [2.24, 2.45) is 17.3 Å². The molecule has 1 rings (SSSR count). The molecule has 0 spiro atoms. The maximum Gasteiger partial charge on any atom is 0.305 e. The zero-order valence-electron chi connectivity index (χ0n) is 17.4. The van der Waals surface area contributed by atoms with Gasteiger partial charge in [0.2, 0.25) is 0 Å². The minimum atomic E-state index is -0.199. The minimum Gasteiger partial charge on any atom is -0.469 e. The highest BCUT2D eigenvalue weighted by molar-refractivity contribution is 5.69. The lowest BCUT2D eigenvalue weighted by Gasteiger charge is -2.23. The Kier molecular flexibility index (Phi) is 10.9. The molecular formula is C23H40O3. The zero-order chi connectivity index (χ0) is 19.4. The summed E-state index contributed by atoms with van der Waals surface area (Å²) >= 11 is 0. The maximum absolute atomic E-state index is 11.1. The van der Waals surface area contributed by atoms with Crippen molar-refractivity contribution >= 4 is 5.97 Å². The van der Waals surface area contributed by atoms with Crippen molar-refractivity contribution in [2.75, 3.05) is 7.11 Å². The Morgan fingerprint density at radius 1 is 1.19 bits per heavy atom. The van der Waals surface area contributed by atoms with E-state index in [-0.39, 0.29) is 23.4 Å². The van der Waals surface area contributed by atoms with Gasteiger partial charge in [0.25, 0.3) is 0 Å². The molecule has 0 amide bonds. The highest BCUT2D eigenvalue weighted by Gasteiger charge is 2.32. The molecule has 0 radical (unpaired) electrons. The largest absolute Gasteiger partial charge is 0.469 e. The molecule has 1 unspecified atom stereocenters. The quantitative estimate of drug-likeness (QED) is 0.269. The number of ether oxygens (including phenoxy) is 1. The zero-order valence-corrected chi connectivity index (χ0v) is 17.4. The molecule has 1 aliphatic carbocycles. The number of methoxy groups -OCH3 is 1. The number of esters is 1. The first-order valence-electron chi connectivity index (χ1n) is 10.5. The van der Waals surface area contributed by atoms with Crippen molar-refractivity contribution in [3.63, 3.8) is 0 Å². The van der Waals surface area contributed by atoms with Crippen LogP contribution in [0, 0.1) is 17.3 Å². The van der Waals surface area contributed by atoms with Gasteiger partial charge in [0.05, 0.1) is 13.2 Å². The van der Waals surface area contributed by atoms with Crippen LogP contribution in [-0.4, -0.2) is 24.3 Å². The van der Waals surface area contributed by atoms with Gasteiger partial charge in [-0.25, -0.2) is 0 Å². The first kappa shape index (κ1) is 23.0. The van der Waals surface area contributed by atoms with Crippen LogP contribution in [0.5, 0.6) is 0 Å². The molecule has 0 aromatic carbocycles. The lowest BCUT2D eigenvalue weighted by molar-refractivity contribution is -0.140. The van der Waals surface area contributed by atoms with Crippen molar-refractivity contribution in [3.05, 3.63) is 24.3 Å². The number of hydrogen-bond acceptors (Lipinski definition) is 3. The van der Waals surface area contributed by atoms with E-state index in [2.05, 4.69) is 49.8 Å². The van der Waals surface area contributed by atoms with Gasteiger partial charge in [0, 0.05) is 12.3 Å². The second-order valence-corrected chi connectivity index (χ2v) is 8.46. The molecule has 3 nitrogen and oxygen atoms in total. The van der Waals surface area contributed by atoms with E-state index in [1.54, 1.807) is 0 Å². The van der Waals surface area contributed by atoms with Crippen LogP contribution in [0.2, 0.25) is 0 Å². The third-order valence-electron chi connectivity index (χ3n) is 5.60. The normalized spacial score (nSPS) is 24.0. The second-order valence-electron chi connectivity index (χ2n) is 8.46. The van der Waals surface area contributed by atoms with Crippen LogP contribution >= 0.6 is 0 Å². The lowest BCUT2D eigenvalue weighted by atomic mass is 9.83. The van der Waals surface area contributed by atoms with Gasteiger partial charge in [0.15, 0.2) is 0 Å². The molecule has 0 aromatic heterocycles. The van der Waals surface area contributed by atoms with Gasteiger partial charge in [-0.1, -0.05) is 64.3 Å². The van der Waals surface area contributed by atoms with Crippen molar-refractivity contribution in [1.82, 2.24) is 0 Å². The van der Waals surface area contributed by atoms with E-state index in [1.807, 2.05) is 0 Å². The van der Waals surface area contributed by atoms with Gasteiger partial charge in [0.1, 0.15) is 0 Å². The average molecular weight is 365 g/mol. The average Bonchev–Trinajstić information content (AvgIpc) is 2.96. The third-order valence-corrected chi connectivity index (χ3v) is 5.60. The molecule has 0 bridgehead atoms. The van der Waals surface area contributed by atoms with Gasteiger partial charge in [-0.2, -0.15) is 0 Å². The van der Waals surface area contributed by atoms with Crippen molar-refractivity contribution in [2.45, 2.75) is 91.1 Å². The number of hydrogen-bond donors (Lipinski definition) is 1. The van der Waals surface area contributed by atoms with Gasteiger partial charge < -0.3 is 9.84 Å². The predicted octanol–water partition coefficient (Wildman–Crippen LogP) is 5.83. The maximum atomic E-state index is 11.1. The molecule has 26 heavy (non-hydrogen) atoms. The van der Waals surface area contributed by atoms with Crippen LogP contribution in [0.15, 0.2) is 24.3 Å². The van der Waals surface area contributed by atoms with Crippen LogP contribution in [0.25, 0.3) is 0 Å². The molecule has 0 heterocycles. The Morgan fingerprint density at radius 3 is 2.65 bits per heavy atom. The second kappa shape index (κ2) is 12.3. The van der Waals surface area contributed by atoms with E-state index in [4.69, 9.17) is 0 Å². The molecule has 0 saturated heterocycles. The van der Waals surface area contributed by atoms with Gasteiger partial charge in [-0.3, -0.25) is 4.79 Å². The minimum absolute atomic E-state index is 0.135. The summed E-state index contributed by atoms with van der Waals surface area (Å²) in [6, 6.07) is 0. The van der Waals surface area contributed by atoms with Crippen molar-refractivity contribution in [1.29, 1.82) is 0 Å². The lowest BCUT2D eigenvalue weighted by Crippen LogP contribution is -2.18. The van der Waals surface area contributed by atoms with E-state index < -0.39 is 0 Å². The Bertz CT molecular complexity index is 450. The smallest absolute Gasteiger partial charge is 0.305 e. The molecule has 1 aliphatic rings. The van der Waals surface area contributed by atoms with E-state index >= 15 is 0 Å². The first-order valence-corrected chi connectivity index (χ1v) is 10.5. The number of unbranched alkanes of at least 4 members (excludes halogenated alkanes) is 3. The molecule has 1 saturated carbocycles. The van der Waals surface area contributed by atoms with Gasteiger partial charge >= 0.3 is 5.97 Å². The van der Waals surface area contributed by atoms with Crippen molar-refractivity contribution in [3.8, 4) is 0 Å². The van der Waals surface area contributed by atoms with E-state index in [0.717, 1.165) is 32.1 Å². The summed E-state index contributed by atoms with van der Waals surface area (Å²) in [5.74, 6) is 0.675. The standard InChI is InChI=1S/C23H40O3/c1-5-6-11-17-23(2,3)18-16-20-19(14-15-21(20)24)12-9-7-8-10-13-22(25)26-4/h7,9,16,18-21,24H,5-6,8,10-15,17H2,1-4H3/b9-7-,18-16+/t19-,20?,21+/m0/s1. The number of aliphatic hydroxyl groups is 1. The number of carbonyl (C=O) groups excluding carboxylic acids is 1. The van der Waals surface area contributed by atoms with Crippen LogP contribution in [0.3, 0.4) is 0 Å². The van der Waals surface area contributed by atoms with Gasteiger partial charge in [-0.05, 0) is 49.9 Å². The molecule has 0 aliphatic heterocycles. The van der Waals surface area contributed by atoms with Crippen LogP contribution in [-0.2, 0) is 9.53 Å². The highest BCUT2D eigenvalue weighted by Crippen LogP contribution is 2.37. The van der Waals surface area contributed by atoms with Crippen LogP contribution in [0.4, 0.5) is 0 Å². The Morgan fingerprint density at radius 2 is 1.96 bits per heavy atom. The monoisotopic (exact) mass is 364 g/mol. The highest BCUT2D eigenvalue weighted by atomic mass is 16.5. The van der Waals surface area contributed by atoms with E-state index in [1.165, 1.54) is 32.8 Å². The van der Waals surface area contributed by atoms with Crippen LogP contribution < -0.4 is 0 Å². The Labute approximate surface area is 160 Å². The topological polar surface area (TPSA) is 46.5 Å². The number of allylic oxidation sites excluding steroid dienone is 3. The Hall–Kier alpha value is -1.09. The third kappa shape index (κ3) is 9.02. The number of carbonyl (C=O) groups is 1. The summed E-state index contributed by atoms with van der Waals surface area (Å²) in [6.07, 6.45) is 19.1. The molecule has 3 heteroatoms. The fraction of sp³-hybridized carbons (Fsp3) is 0.783. The molecular weight excluding hydrogens is 324 g/mol. The van der Waals surface area contributed by atoms with Crippen LogP contribution in [0.1, 0.15) is 85.0 Å². The summed E-state index contributed by atoms with van der Waals surface area (Å²) in [7, 11) is 1.43. The molecule has 0 aromatic rings. The number of aliphatic hydroxyl groups excluding tert-OH is 1. The van der Waals surface area contributed by atoms with E-state index in [0.29, 0.717) is 12.3 Å².